The van der Waals surface area contributed by atoms with E-state index in [1.807, 2.05) is 32.9 Å². The van der Waals surface area contributed by atoms with Gasteiger partial charge in [0.1, 0.15) is 0 Å². The molecule has 90 valence electrons. The summed E-state index contributed by atoms with van der Waals surface area (Å²) < 4.78 is 5.21. The third-order valence-corrected chi connectivity index (χ3v) is 3.04. The number of aromatic nitrogens is 3. The van der Waals surface area contributed by atoms with Crippen LogP contribution < -0.4 is 0 Å². The van der Waals surface area contributed by atoms with Gasteiger partial charge in [-0.15, -0.1) is 11.6 Å². The van der Waals surface area contributed by atoms with E-state index in [0.29, 0.717) is 11.7 Å². The maximum absolute atomic E-state index is 6.06. The Morgan fingerprint density at radius 2 is 2.06 bits per heavy atom. The smallest absolute Gasteiger partial charge is 0.259 e. The van der Waals surface area contributed by atoms with Crippen molar-refractivity contribution in [3.05, 3.63) is 29.3 Å². The lowest BCUT2D eigenvalue weighted by Crippen LogP contribution is -1.92. The van der Waals surface area contributed by atoms with Gasteiger partial charge in [0, 0.05) is 5.69 Å². The van der Waals surface area contributed by atoms with Crippen LogP contribution in [0.25, 0.3) is 11.5 Å². The number of nitrogens with zero attached hydrogens (tertiary/aromatic N) is 3. The van der Waals surface area contributed by atoms with Crippen molar-refractivity contribution in [2.24, 2.45) is 0 Å². The van der Waals surface area contributed by atoms with E-state index in [0.717, 1.165) is 23.4 Å². The van der Waals surface area contributed by atoms with E-state index >= 15 is 0 Å². The van der Waals surface area contributed by atoms with Crippen LogP contribution in [-0.4, -0.2) is 15.1 Å². The van der Waals surface area contributed by atoms with Crippen molar-refractivity contribution in [2.45, 2.75) is 32.6 Å². The molecule has 2 aromatic rings. The second-order valence-corrected chi connectivity index (χ2v) is 4.45. The van der Waals surface area contributed by atoms with Gasteiger partial charge < -0.3 is 4.52 Å². The predicted molar refractivity (Wildman–Crippen MR) is 65.9 cm³/mol. The standard InChI is InChI=1S/C12H14ClN3O/c1-4-10(13)11-15-12(17-16-11)9-6-5-7(2)14-8(9)3/h5-6,10H,4H2,1-3H3. The van der Waals surface area contributed by atoms with Gasteiger partial charge >= 0.3 is 0 Å². The lowest BCUT2D eigenvalue weighted by molar-refractivity contribution is 0.421. The van der Waals surface area contributed by atoms with Gasteiger partial charge in [0.25, 0.3) is 5.89 Å². The van der Waals surface area contributed by atoms with Crippen molar-refractivity contribution >= 4 is 11.6 Å². The molecule has 0 amide bonds. The van der Waals surface area contributed by atoms with Crippen molar-refractivity contribution < 1.29 is 4.52 Å². The molecule has 1 atom stereocenters. The van der Waals surface area contributed by atoms with Crippen LogP contribution in [0.5, 0.6) is 0 Å². The molecule has 0 saturated heterocycles. The van der Waals surface area contributed by atoms with E-state index in [1.54, 1.807) is 0 Å². The molecule has 0 aliphatic carbocycles. The third kappa shape index (κ3) is 2.47. The third-order valence-electron chi connectivity index (χ3n) is 2.54. The van der Waals surface area contributed by atoms with Crippen molar-refractivity contribution in [3.8, 4) is 11.5 Å². The molecule has 0 aliphatic heterocycles. The Labute approximate surface area is 105 Å². The first kappa shape index (κ1) is 12.0. The van der Waals surface area contributed by atoms with Crippen LogP contribution in [0.3, 0.4) is 0 Å². The summed E-state index contributed by atoms with van der Waals surface area (Å²) in [5.74, 6) is 1.01. The summed E-state index contributed by atoms with van der Waals surface area (Å²) in [6.45, 7) is 5.85. The Bertz CT molecular complexity index is 524. The average molecular weight is 252 g/mol. The van der Waals surface area contributed by atoms with Gasteiger partial charge in [0.15, 0.2) is 5.82 Å². The van der Waals surface area contributed by atoms with E-state index in [9.17, 15) is 0 Å². The van der Waals surface area contributed by atoms with Gasteiger partial charge in [-0.05, 0) is 32.4 Å². The lowest BCUT2D eigenvalue weighted by atomic mass is 10.2. The fourth-order valence-corrected chi connectivity index (χ4v) is 1.66. The SMILES string of the molecule is CCC(Cl)c1noc(-c2ccc(C)nc2C)n1. The molecule has 4 nitrogen and oxygen atoms in total. The summed E-state index contributed by atoms with van der Waals surface area (Å²) in [5, 5.41) is 3.68. The monoisotopic (exact) mass is 251 g/mol. The minimum atomic E-state index is -0.203. The average Bonchev–Trinajstić information content (AvgIpc) is 2.77. The number of halogens is 1. The Morgan fingerprint density at radius 3 is 2.71 bits per heavy atom. The molecule has 0 aromatic carbocycles. The molecule has 2 heterocycles. The molecule has 0 aliphatic rings. The van der Waals surface area contributed by atoms with Gasteiger partial charge in [-0.2, -0.15) is 4.98 Å². The first-order valence-corrected chi connectivity index (χ1v) is 5.97. The molecular weight excluding hydrogens is 238 g/mol. The molecule has 0 bridgehead atoms. The molecule has 2 aromatic heterocycles. The van der Waals surface area contributed by atoms with Crippen molar-refractivity contribution in [2.75, 3.05) is 0 Å². The fourth-order valence-electron chi connectivity index (χ4n) is 1.57. The summed E-state index contributed by atoms with van der Waals surface area (Å²) in [6, 6.07) is 3.86. The summed E-state index contributed by atoms with van der Waals surface area (Å²) >= 11 is 6.06. The van der Waals surface area contributed by atoms with Crippen LogP contribution in [0.1, 0.15) is 35.9 Å². The molecule has 0 N–H and O–H groups in total. The molecule has 0 spiro atoms. The lowest BCUT2D eigenvalue weighted by Gasteiger charge is -2.00. The number of rotatable bonds is 3. The Balaban J connectivity index is 2.37. The van der Waals surface area contributed by atoms with E-state index < -0.39 is 0 Å². The number of pyridine rings is 1. The molecule has 1 unspecified atom stereocenters. The van der Waals surface area contributed by atoms with Crippen LogP contribution in [0, 0.1) is 13.8 Å². The Kier molecular flexibility index (Phi) is 3.43. The zero-order valence-electron chi connectivity index (χ0n) is 10.1. The Morgan fingerprint density at radius 1 is 1.29 bits per heavy atom. The van der Waals surface area contributed by atoms with Gasteiger partial charge in [-0.1, -0.05) is 12.1 Å². The van der Waals surface area contributed by atoms with Gasteiger partial charge in [0.05, 0.1) is 16.6 Å². The minimum Gasteiger partial charge on any atom is -0.334 e. The quantitative estimate of drug-likeness (QED) is 0.784. The van der Waals surface area contributed by atoms with Crippen LogP contribution >= 0.6 is 11.6 Å². The van der Waals surface area contributed by atoms with E-state index in [1.165, 1.54) is 0 Å². The van der Waals surface area contributed by atoms with E-state index in [2.05, 4.69) is 15.1 Å². The van der Waals surface area contributed by atoms with Crippen LogP contribution in [0.15, 0.2) is 16.7 Å². The summed E-state index contributed by atoms with van der Waals surface area (Å²) in [4.78, 5) is 8.66. The van der Waals surface area contributed by atoms with Gasteiger partial charge in [-0.25, -0.2) is 0 Å². The van der Waals surface area contributed by atoms with Gasteiger partial charge in [0.2, 0.25) is 0 Å². The zero-order chi connectivity index (χ0) is 12.4. The number of alkyl halides is 1. The minimum absolute atomic E-state index is 0.203. The first-order valence-electron chi connectivity index (χ1n) is 5.54. The number of hydrogen-bond acceptors (Lipinski definition) is 4. The maximum atomic E-state index is 6.06. The predicted octanol–water partition coefficient (Wildman–Crippen LogP) is 3.44. The van der Waals surface area contributed by atoms with E-state index in [4.69, 9.17) is 16.1 Å². The molecular formula is C12H14ClN3O. The Hall–Kier alpha value is -1.42. The normalized spacial score (nSPS) is 12.7. The van der Waals surface area contributed by atoms with Crippen LogP contribution in [-0.2, 0) is 0 Å². The molecule has 2 rings (SSSR count). The highest BCUT2D eigenvalue weighted by Gasteiger charge is 2.16. The highest BCUT2D eigenvalue weighted by molar-refractivity contribution is 6.20. The van der Waals surface area contributed by atoms with Gasteiger partial charge in [-0.3, -0.25) is 4.98 Å². The fraction of sp³-hybridized carbons (Fsp3) is 0.417. The van der Waals surface area contributed by atoms with Crippen LogP contribution in [0.4, 0.5) is 0 Å². The van der Waals surface area contributed by atoms with E-state index in [-0.39, 0.29) is 5.38 Å². The van der Waals surface area contributed by atoms with Crippen molar-refractivity contribution in [1.82, 2.24) is 15.1 Å². The topological polar surface area (TPSA) is 51.8 Å². The molecule has 5 heteroatoms. The number of hydrogen-bond donors (Lipinski definition) is 0. The second-order valence-electron chi connectivity index (χ2n) is 3.92. The highest BCUT2D eigenvalue weighted by Crippen LogP contribution is 2.25. The molecule has 0 saturated carbocycles. The molecule has 0 fully saturated rings. The van der Waals surface area contributed by atoms with Crippen molar-refractivity contribution in [3.63, 3.8) is 0 Å². The highest BCUT2D eigenvalue weighted by atomic mass is 35.5. The van der Waals surface area contributed by atoms with Crippen LogP contribution in [0.2, 0.25) is 0 Å². The first-order chi connectivity index (χ1) is 8.11. The largest absolute Gasteiger partial charge is 0.334 e. The zero-order valence-corrected chi connectivity index (χ0v) is 10.8. The number of aryl methyl sites for hydroxylation is 2. The maximum Gasteiger partial charge on any atom is 0.259 e. The second kappa shape index (κ2) is 4.84. The summed E-state index contributed by atoms with van der Waals surface area (Å²) in [7, 11) is 0. The van der Waals surface area contributed by atoms with Crippen molar-refractivity contribution in [1.29, 1.82) is 0 Å². The molecule has 0 radical (unpaired) electrons. The summed E-state index contributed by atoms with van der Waals surface area (Å²) in [6.07, 6.45) is 0.770. The summed E-state index contributed by atoms with van der Waals surface area (Å²) in [5.41, 5.74) is 2.70. The molecule has 17 heavy (non-hydrogen) atoms.